The summed E-state index contributed by atoms with van der Waals surface area (Å²) in [5.74, 6) is 0.0522. The Labute approximate surface area is 126 Å². The number of rotatable bonds is 3. The summed E-state index contributed by atoms with van der Waals surface area (Å²) in [4.78, 5) is 4.45. The van der Waals surface area contributed by atoms with Gasteiger partial charge in [-0.1, -0.05) is 41.4 Å². The van der Waals surface area contributed by atoms with Crippen molar-refractivity contribution >= 4 is 28.7 Å². The second-order valence-electron chi connectivity index (χ2n) is 5.09. The lowest BCUT2D eigenvalue weighted by Crippen LogP contribution is -2.19. The van der Waals surface area contributed by atoms with Gasteiger partial charge in [0.15, 0.2) is 0 Å². The van der Waals surface area contributed by atoms with Crippen LogP contribution >= 0.6 is 0 Å². The molecule has 0 aromatic heterocycles. The molecule has 108 valence electrons. The molecule has 0 radical (unpaired) electrons. The van der Waals surface area contributed by atoms with Gasteiger partial charge in [-0.3, -0.25) is 9.20 Å². The highest BCUT2D eigenvalue weighted by Gasteiger charge is 2.10. The second-order valence-corrected chi connectivity index (χ2v) is 5.98. The van der Waals surface area contributed by atoms with Gasteiger partial charge in [-0.25, -0.2) is 0 Å². The number of anilines is 1. The van der Waals surface area contributed by atoms with Crippen LogP contribution < -0.4 is 5.32 Å². The van der Waals surface area contributed by atoms with Crippen LogP contribution in [0.2, 0.25) is 0 Å². The Hall–Kier alpha value is -1.98. The third-order valence-electron chi connectivity index (χ3n) is 3.39. The smallest absolute Gasteiger partial charge is 0.0864 e. The van der Waals surface area contributed by atoms with E-state index in [1.165, 1.54) is 0 Å². The van der Waals surface area contributed by atoms with Crippen molar-refractivity contribution in [3.05, 3.63) is 48.0 Å². The molecule has 2 unspecified atom stereocenters. The summed E-state index contributed by atoms with van der Waals surface area (Å²) in [6.45, 7) is 2.05. The van der Waals surface area contributed by atoms with Gasteiger partial charge in [0.05, 0.1) is 17.4 Å². The molecule has 1 heterocycles. The molecule has 3 rings (SSSR count). The molecule has 0 fully saturated rings. The van der Waals surface area contributed by atoms with Crippen molar-refractivity contribution in [3.63, 3.8) is 0 Å². The van der Waals surface area contributed by atoms with Gasteiger partial charge in [-0.15, -0.1) is 0 Å². The van der Waals surface area contributed by atoms with E-state index >= 15 is 0 Å². The van der Waals surface area contributed by atoms with Crippen molar-refractivity contribution in [2.75, 3.05) is 5.32 Å². The number of hydrogen-bond donors (Lipinski definition) is 1. The highest BCUT2D eigenvalue weighted by Crippen LogP contribution is 2.33. The summed E-state index contributed by atoms with van der Waals surface area (Å²) in [5, 5.41) is 3.35. The van der Waals surface area contributed by atoms with Crippen LogP contribution in [0.1, 0.15) is 12.5 Å². The van der Waals surface area contributed by atoms with Gasteiger partial charge in [-0.2, -0.15) is 0 Å². The SMILES string of the molecule is CC1C=Nc2cc(-c3ccc(CS(=O)[O-])cc3)ccc2N1. The maximum absolute atomic E-state index is 10.7. The maximum atomic E-state index is 10.7. The second kappa shape index (κ2) is 5.79. The van der Waals surface area contributed by atoms with Gasteiger partial charge < -0.3 is 9.87 Å². The zero-order valence-corrected chi connectivity index (χ0v) is 12.4. The fraction of sp³-hybridized carbons (Fsp3) is 0.188. The minimum atomic E-state index is -2.05. The lowest BCUT2D eigenvalue weighted by atomic mass is 10.0. The van der Waals surface area contributed by atoms with Crippen LogP contribution in [0.15, 0.2) is 47.5 Å². The Morgan fingerprint density at radius 1 is 1.19 bits per heavy atom. The van der Waals surface area contributed by atoms with Crippen molar-refractivity contribution in [1.29, 1.82) is 0 Å². The average molecular weight is 299 g/mol. The Morgan fingerprint density at radius 2 is 1.90 bits per heavy atom. The zero-order valence-electron chi connectivity index (χ0n) is 11.6. The van der Waals surface area contributed by atoms with E-state index in [-0.39, 0.29) is 11.8 Å². The molecule has 1 aliphatic heterocycles. The molecule has 5 heteroatoms. The summed E-state index contributed by atoms with van der Waals surface area (Å²) < 4.78 is 21.4. The van der Waals surface area contributed by atoms with Gasteiger partial charge in [-0.05, 0) is 35.7 Å². The van der Waals surface area contributed by atoms with Crippen LogP contribution in [-0.2, 0) is 16.8 Å². The van der Waals surface area contributed by atoms with Gasteiger partial charge in [0.2, 0.25) is 0 Å². The van der Waals surface area contributed by atoms with E-state index in [0.29, 0.717) is 0 Å². The number of nitrogens with one attached hydrogen (secondary N) is 1. The number of nitrogens with zero attached hydrogens (tertiary/aromatic N) is 1. The fourth-order valence-electron chi connectivity index (χ4n) is 2.34. The number of fused-ring (bicyclic) bond motifs is 1. The van der Waals surface area contributed by atoms with Crippen LogP contribution in [0.5, 0.6) is 0 Å². The summed E-state index contributed by atoms with van der Waals surface area (Å²) in [6, 6.07) is 13.9. The van der Waals surface area contributed by atoms with E-state index in [0.717, 1.165) is 28.1 Å². The van der Waals surface area contributed by atoms with E-state index in [9.17, 15) is 8.76 Å². The fourth-order valence-corrected chi connectivity index (χ4v) is 2.81. The lowest BCUT2D eigenvalue weighted by molar-refractivity contribution is 0.536. The van der Waals surface area contributed by atoms with Gasteiger partial charge in [0, 0.05) is 12.0 Å². The first-order valence-electron chi connectivity index (χ1n) is 6.72. The first-order valence-corrected chi connectivity index (χ1v) is 7.96. The third kappa shape index (κ3) is 3.20. The molecule has 0 amide bonds. The predicted octanol–water partition coefficient (Wildman–Crippen LogP) is 3.25. The van der Waals surface area contributed by atoms with E-state index in [2.05, 4.69) is 17.2 Å². The molecule has 0 saturated heterocycles. The summed E-state index contributed by atoms with van der Waals surface area (Å²) in [6.07, 6.45) is 1.89. The molecule has 2 atom stereocenters. The first kappa shape index (κ1) is 14.0. The molecule has 0 saturated carbocycles. The monoisotopic (exact) mass is 299 g/mol. The molecule has 0 bridgehead atoms. The molecule has 1 N–H and O–H groups in total. The highest BCUT2D eigenvalue weighted by molar-refractivity contribution is 7.78. The first-order chi connectivity index (χ1) is 10.1. The van der Waals surface area contributed by atoms with Crippen molar-refractivity contribution in [3.8, 4) is 11.1 Å². The van der Waals surface area contributed by atoms with Crippen LogP contribution in [0.4, 0.5) is 11.4 Å². The quantitative estimate of drug-likeness (QED) is 0.885. The number of benzene rings is 2. The van der Waals surface area contributed by atoms with Crippen molar-refractivity contribution < 1.29 is 8.76 Å². The average Bonchev–Trinajstić information content (AvgIpc) is 2.47. The zero-order chi connectivity index (χ0) is 14.8. The third-order valence-corrected chi connectivity index (χ3v) is 3.96. The topological polar surface area (TPSA) is 64.5 Å². The Bertz CT molecular complexity index is 711. The molecule has 21 heavy (non-hydrogen) atoms. The van der Waals surface area contributed by atoms with E-state index in [4.69, 9.17) is 0 Å². The lowest BCUT2D eigenvalue weighted by Gasteiger charge is -2.18. The Balaban J connectivity index is 1.88. The van der Waals surface area contributed by atoms with E-state index < -0.39 is 11.1 Å². The van der Waals surface area contributed by atoms with Gasteiger partial charge in [0.1, 0.15) is 0 Å². The van der Waals surface area contributed by atoms with E-state index in [1.54, 1.807) is 0 Å². The number of aliphatic imine (C=N–C) groups is 1. The van der Waals surface area contributed by atoms with E-state index in [1.807, 2.05) is 48.7 Å². The summed E-state index contributed by atoms with van der Waals surface area (Å²) >= 11 is -2.05. The van der Waals surface area contributed by atoms with Crippen molar-refractivity contribution in [2.24, 2.45) is 4.99 Å². The Morgan fingerprint density at radius 3 is 2.62 bits per heavy atom. The molecule has 0 spiro atoms. The highest BCUT2D eigenvalue weighted by atomic mass is 32.2. The van der Waals surface area contributed by atoms with Crippen molar-refractivity contribution in [1.82, 2.24) is 0 Å². The molecule has 2 aromatic carbocycles. The molecule has 0 aliphatic carbocycles. The van der Waals surface area contributed by atoms with Gasteiger partial charge in [0.25, 0.3) is 0 Å². The predicted molar refractivity (Wildman–Crippen MR) is 85.7 cm³/mol. The molecule has 2 aromatic rings. The molecular formula is C16H15N2O2S-. The van der Waals surface area contributed by atoms with Crippen LogP contribution in [0, 0.1) is 0 Å². The minimum absolute atomic E-state index is 0.0522. The van der Waals surface area contributed by atoms with Crippen LogP contribution in [-0.4, -0.2) is 21.0 Å². The molecule has 1 aliphatic rings. The summed E-state index contributed by atoms with van der Waals surface area (Å²) in [7, 11) is 0. The summed E-state index contributed by atoms with van der Waals surface area (Å²) in [5.41, 5.74) is 4.87. The standard InChI is InChI=1S/C16H16N2O2S/c1-11-9-17-16-8-14(6-7-15(16)18-11)13-4-2-12(3-5-13)10-21(19)20/h2-9,11,18H,10H2,1H3,(H,19,20)/p-1. The van der Waals surface area contributed by atoms with Crippen LogP contribution in [0.25, 0.3) is 11.1 Å². The van der Waals surface area contributed by atoms with Crippen molar-refractivity contribution in [2.45, 2.75) is 18.7 Å². The molecule has 4 nitrogen and oxygen atoms in total. The maximum Gasteiger partial charge on any atom is 0.0864 e. The Kier molecular flexibility index (Phi) is 3.86. The largest absolute Gasteiger partial charge is 0.772 e. The number of hydrogen-bond acceptors (Lipinski definition) is 4. The minimum Gasteiger partial charge on any atom is -0.772 e. The van der Waals surface area contributed by atoms with Crippen LogP contribution in [0.3, 0.4) is 0 Å². The van der Waals surface area contributed by atoms with Gasteiger partial charge >= 0.3 is 0 Å². The molecular weight excluding hydrogens is 284 g/mol. The normalized spacial score (nSPS) is 17.9.